The van der Waals surface area contributed by atoms with Gasteiger partial charge >= 0.3 is 0 Å². The van der Waals surface area contributed by atoms with Gasteiger partial charge in [0.25, 0.3) is 0 Å². The molecule has 0 saturated heterocycles. The van der Waals surface area contributed by atoms with Crippen molar-refractivity contribution in [3.8, 4) is 0 Å². The maximum atomic E-state index is 9.22. The summed E-state index contributed by atoms with van der Waals surface area (Å²) in [6.45, 7) is 2.79. The Hall–Kier alpha value is -1.65. The monoisotopic (exact) mass is 488 g/mol. The normalized spacial score (nSPS) is 19.2. The number of halogens is 2. The zero-order valence-electron chi connectivity index (χ0n) is 17.8. The van der Waals surface area contributed by atoms with Gasteiger partial charge in [0.05, 0.1) is 20.8 Å². The Morgan fingerprint density at radius 1 is 1.13 bits per heavy atom. The number of hydrogen-bond acceptors (Lipinski definition) is 6. The summed E-state index contributed by atoms with van der Waals surface area (Å²) in [6, 6.07) is 15.9. The van der Waals surface area contributed by atoms with E-state index in [1.165, 1.54) is 5.01 Å². The highest BCUT2D eigenvalue weighted by Gasteiger charge is 2.43. The molecule has 0 radical (unpaired) electrons. The highest BCUT2D eigenvalue weighted by atomic mass is 35.5. The standard InChI is InChI=1S/C20H22Cl2N2O.CH4O4S/c1-4-11-25-20-18(14-7-5-9-16(21)12-14)23(2)24(3)19(20)15-8-6-10-17(22)13-15;1-5-6(2,3)4/h5-10,12-13,18H,4,11H2,1-3H3;1H3,(H,2,3,4). The summed E-state index contributed by atoms with van der Waals surface area (Å²) in [5.74, 6) is 0.964. The van der Waals surface area contributed by atoms with E-state index in [2.05, 4.69) is 42.3 Å². The smallest absolute Gasteiger partial charge is 0.217 e. The minimum atomic E-state index is -4.41. The molecule has 0 amide bonds. The van der Waals surface area contributed by atoms with Gasteiger partial charge in [-0.2, -0.15) is 0 Å². The molecule has 1 N–H and O–H groups in total. The summed E-state index contributed by atoms with van der Waals surface area (Å²) in [5, 5.41) is 4.86. The molecule has 3 rings (SSSR count). The number of quaternary nitrogens is 1. The average Bonchev–Trinajstić information content (AvgIpc) is 2.96. The number of benzene rings is 2. The minimum absolute atomic E-state index is 0.0132. The van der Waals surface area contributed by atoms with Crippen LogP contribution in [-0.2, 0) is 19.3 Å². The van der Waals surface area contributed by atoms with E-state index in [1.54, 1.807) is 0 Å². The molecule has 0 bridgehead atoms. The summed E-state index contributed by atoms with van der Waals surface area (Å²) >= 11 is 12.5. The number of rotatable bonds is 6. The molecule has 170 valence electrons. The third kappa shape index (κ3) is 6.92. The first kappa shape index (κ1) is 25.6. The third-order valence-corrected chi connectivity index (χ3v) is 5.59. The molecule has 2 aromatic carbocycles. The lowest BCUT2D eigenvalue weighted by atomic mass is 10.0. The summed E-state index contributed by atoms with van der Waals surface area (Å²) in [7, 11) is 0.608. The van der Waals surface area contributed by atoms with Crippen molar-refractivity contribution in [1.82, 2.24) is 5.01 Å². The quantitative estimate of drug-likeness (QED) is 0.496. The van der Waals surface area contributed by atoms with Gasteiger partial charge in [-0.3, -0.25) is 4.18 Å². The van der Waals surface area contributed by atoms with Crippen LogP contribution in [0.5, 0.6) is 0 Å². The molecule has 10 heteroatoms. The molecule has 7 nitrogen and oxygen atoms in total. The van der Waals surface area contributed by atoms with Crippen molar-refractivity contribution >= 4 is 39.3 Å². The van der Waals surface area contributed by atoms with Gasteiger partial charge in [0.1, 0.15) is 6.04 Å². The van der Waals surface area contributed by atoms with Gasteiger partial charge in [-0.1, -0.05) is 48.3 Å². The van der Waals surface area contributed by atoms with Crippen LogP contribution in [0.3, 0.4) is 0 Å². The van der Waals surface area contributed by atoms with Gasteiger partial charge in [-0.25, -0.2) is 13.4 Å². The van der Waals surface area contributed by atoms with E-state index >= 15 is 0 Å². The van der Waals surface area contributed by atoms with E-state index < -0.39 is 10.4 Å². The molecule has 31 heavy (non-hydrogen) atoms. The Labute approximate surface area is 193 Å². The molecule has 0 fully saturated rings. The van der Waals surface area contributed by atoms with E-state index in [9.17, 15) is 13.0 Å². The van der Waals surface area contributed by atoms with Crippen LogP contribution < -0.4 is 5.01 Å². The van der Waals surface area contributed by atoms with Crippen LogP contribution in [0.4, 0.5) is 0 Å². The molecule has 0 aromatic heterocycles. The van der Waals surface area contributed by atoms with Crippen molar-refractivity contribution in [3.05, 3.63) is 75.5 Å². The minimum Gasteiger partial charge on any atom is -0.726 e. The maximum absolute atomic E-state index is 9.22. The SMILES string of the molecule is CCCOC1=C(c2cccc(Cl)c2)[NH+](C)N(C)C1c1cccc(Cl)c1.COS(=O)(=O)[O-]. The van der Waals surface area contributed by atoms with E-state index in [4.69, 9.17) is 27.9 Å². The lowest BCUT2D eigenvalue weighted by molar-refractivity contribution is -0.928. The Morgan fingerprint density at radius 2 is 1.71 bits per heavy atom. The first-order chi connectivity index (χ1) is 14.6. The lowest BCUT2D eigenvalue weighted by Crippen LogP contribution is -3.11. The van der Waals surface area contributed by atoms with Crippen LogP contribution >= 0.6 is 23.2 Å². The van der Waals surface area contributed by atoms with Crippen molar-refractivity contribution in [2.45, 2.75) is 19.4 Å². The fourth-order valence-electron chi connectivity index (χ4n) is 3.27. The zero-order chi connectivity index (χ0) is 23.2. The van der Waals surface area contributed by atoms with Crippen molar-refractivity contribution in [3.63, 3.8) is 0 Å². The molecule has 2 aromatic rings. The Bertz CT molecular complexity index is 1030. The van der Waals surface area contributed by atoms with E-state index in [0.717, 1.165) is 46.2 Å². The molecule has 0 aliphatic carbocycles. The van der Waals surface area contributed by atoms with Gasteiger partial charge in [0, 0.05) is 22.7 Å². The van der Waals surface area contributed by atoms with Crippen LogP contribution in [-0.4, -0.2) is 45.8 Å². The van der Waals surface area contributed by atoms with Crippen LogP contribution in [0, 0.1) is 0 Å². The summed E-state index contributed by atoms with van der Waals surface area (Å²) in [5.41, 5.74) is 3.31. The average molecular weight is 489 g/mol. The molecule has 0 saturated carbocycles. The number of ether oxygens (including phenoxy) is 1. The number of nitrogens with one attached hydrogen (secondary N) is 1. The predicted octanol–water partition coefficient (Wildman–Crippen LogP) is 3.30. The predicted molar refractivity (Wildman–Crippen MR) is 120 cm³/mol. The van der Waals surface area contributed by atoms with E-state index in [-0.39, 0.29) is 6.04 Å². The topological polar surface area (TPSA) is 83.3 Å². The van der Waals surface area contributed by atoms with Crippen molar-refractivity contribution < 1.29 is 26.9 Å². The second-order valence-electron chi connectivity index (χ2n) is 6.83. The first-order valence-corrected chi connectivity index (χ1v) is 11.6. The maximum Gasteiger partial charge on any atom is 0.217 e. The van der Waals surface area contributed by atoms with Gasteiger partial charge in [0.15, 0.2) is 11.5 Å². The van der Waals surface area contributed by atoms with Crippen molar-refractivity contribution in [2.75, 3.05) is 27.8 Å². The Morgan fingerprint density at radius 3 is 2.23 bits per heavy atom. The second kappa shape index (κ2) is 11.3. The molecule has 1 heterocycles. The second-order valence-corrected chi connectivity index (χ2v) is 8.85. The zero-order valence-corrected chi connectivity index (χ0v) is 20.1. The molecule has 2 unspecified atom stereocenters. The molecule has 0 spiro atoms. The van der Waals surface area contributed by atoms with Gasteiger partial charge < -0.3 is 9.29 Å². The number of likely N-dealkylation sites (N-methyl/N-ethyl adjacent to an activating group) is 1. The Kier molecular flexibility index (Phi) is 9.32. The van der Waals surface area contributed by atoms with Crippen LogP contribution in [0.25, 0.3) is 5.70 Å². The van der Waals surface area contributed by atoms with Gasteiger partial charge in [-0.15, -0.1) is 5.01 Å². The third-order valence-electron chi connectivity index (χ3n) is 4.72. The fourth-order valence-corrected chi connectivity index (χ4v) is 3.66. The fraction of sp³-hybridized carbons (Fsp3) is 0.333. The summed E-state index contributed by atoms with van der Waals surface area (Å²) in [6.07, 6.45) is 0.956. The molecule has 1 aliphatic rings. The van der Waals surface area contributed by atoms with E-state index in [1.807, 2.05) is 36.4 Å². The largest absolute Gasteiger partial charge is 0.726 e. The molecular formula is C21H26Cl2N2O5S. The molecular weight excluding hydrogens is 463 g/mol. The molecule has 2 atom stereocenters. The summed E-state index contributed by atoms with van der Waals surface area (Å²) in [4.78, 5) is 0. The van der Waals surface area contributed by atoms with Crippen molar-refractivity contribution in [2.24, 2.45) is 0 Å². The van der Waals surface area contributed by atoms with Crippen LogP contribution in [0.2, 0.25) is 10.0 Å². The van der Waals surface area contributed by atoms with Crippen molar-refractivity contribution in [1.29, 1.82) is 0 Å². The van der Waals surface area contributed by atoms with Gasteiger partial charge in [0.2, 0.25) is 10.4 Å². The van der Waals surface area contributed by atoms with E-state index in [0.29, 0.717) is 6.61 Å². The van der Waals surface area contributed by atoms with Crippen LogP contribution in [0.15, 0.2) is 54.3 Å². The van der Waals surface area contributed by atoms with Gasteiger partial charge in [-0.05, 0) is 42.3 Å². The number of hydrogen-bond donors (Lipinski definition) is 1. The first-order valence-electron chi connectivity index (χ1n) is 9.55. The highest BCUT2D eigenvalue weighted by molar-refractivity contribution is 7.80. The molecule has 1 aliphatic heterocycles. The lowest BCUT2D eigenvalue weighted by Gasteiger charge is -2.23. The Balaban J connectivity index is 0.000000501. The highest BCUT2D eigenvalue weighted by Crippen LogP contribution is 2.36. The van der Waals surface area contributed by atoms with Crippen LogP contribution in [0.1, 0.15) is 30.5 Å². The number of nitrogens with zero attached hydrogens (tertiary/aromatic N) is 1. The summed E-state index contributed by atoms with van der Waals surface area (Å²) < 4.78 is 37.3.